The number of benzene rings is 1. The van der Waals surface area contributed by atoms with Crippen LogP contribution in [0.15, 0.2) is 41.8 Å². The van der Waals surface area contributed by atoms with Crippen LogP contribution in [0.2, 0.25) is 0 Å². The molecule has 150 valence electrons. The molecule has 3 heterocycles. The molecule has 6 nitrogen and oxygen atoms in total. The topological polar surface area (TPSA) is 69.1 Å². The van der Waals surface area contributed by atoms with Crippen molar-refractivity contribution >= 4 is 35.1 Å². The Labute approximate surface area is 178 Å². The van der Waals surface area contributed by atoms with Gasteiger partial charge in [0, 0.05) is 17.8 Å². The van der Waals surface area contributed by atoms with Gasteiger partial charge in [0.25, 0.3) is 0 Å². The van der Waals surface area contributed by atoms with Gasteiger partial charge in [-0.15, -0.1) is 16.4 Å². The fraction of sp³-hybridized carbons (Fsp3) is 0.381. The van der Waals surface area contributed by atoms with Crippen molar-refractivity contribution in [2.45, 2.75) is 50.9 Å². The van der Waals surface area contributed by atoms with Crippen molar-refractivity contribution in [2.24, 2.45) is 5.73 Å². The maximum Gasteiger partial charge on any atom is 0.225 e. The maximum absolute atomic E-state index is 12.0. The number of carbonyl (C=O) groups excluding carboxylic acids is 1. The molecule has 29 heavy (non-hydrogen) atoms. The number of primary amides is 1. The van der Waals surface area contributed by atoms with Crippen LogP contribution in [0.1, 0.15) is 43.7 Å². The molecule has 2 aliphatic rings. The van der Waals surface area contributed by atoms with Gasteiger partial charge in [-0.05, 0) is 61.5 Å². The number of amides is 1. The maximum atomic E-state index is 12.0. The summed E-state index contributed by atoms with van der Waals surface area (Å²) < 4.78 is 4.91. The van der Waals surface area contributed by atoms with E-state index >= 15 is 0 Å². The Morgan fingerprint density at radius 2 is 2.07 bits per heavy atom. The first-order valence-corrected chi connectivity index (χ1v) is 11.2. The van der Waals surface area contributed by atoms with E-state index in [1.54, 1.807) is 11.3 Å². The van der Waals surface area contributed by atoms with E-state index in [4.69, 9.17) is 23.1 Å². The van der Waals surface area contributed by atoms with Crippen LogP contribution in [0, 0.1) is 4.77 Å². The second-order valence-corrected chi connectivity index (χ2v) is 9.21. The van der Waals surface area contributed by atoms with Gasteiger partial charge in [0.1, 0.15) is 6.67 Å². The molecular formula is C21H23N5OS2. The average Bonchev–Trinajstić information content (AvgIpc) is 3.28. The molecule has 5 rings (SSSR count). The summed E-state index contributed by atoms with van der Waals surface area (Å²) >= 11 is 7.53. The van der Waals surface area contributed by atoms with Crippen molar-refractivity contribution in [2.75, 3.05) is 4.90 Å². The molecule has 0 radical (unpaired) electrons. The Bertz CT molecular complexity index is 1110. The summed E-state index contributed by atoms with van der Waals surface area (Å²) in [4.78, 5) is 15.4. The highest BCUT2D eigenvalue weighted by Gasteiger charge is 2.34. The number of rotatable bonds is 5. The van der Waals surface area contributed by atoms with Crippen molar-refractivity contribution < 1.29 is 4.79 Å². The molecular weight excluding hydrogens is 402 g/mol. The van der Waals surface area contributed by atoms with Gasteiger partial charge in [-0.3, -0.25) is 9.36 Å². The van der Waals surface area contributed by atoms with Crippen molar-refractivity contribution in [3.05, 3.63) is 52.1 Å². The van der Waals surface area contributed by atoms with Crippen LogP contribution in [0.25, 0.3) is 10.7 Å². The molecule has 0 saturated heterocycles. The zero-order valence-corrected chi connectivity index (χ0v) is 17.8. The standard InChI is InChI=1S/C21H23N5OS2/c1-13-11-16(19(22)27)15-5-2-3-6-17(15)24(13)12-25-21(28)26(14-8-9-14)20(23-25)18-7-4-10-29-18/h2-7,10,13-14,16H,8-9,11-12H2,1H3,(H2,22,27). The van der Waals surface area contributed by atoms with Crippen LogP contribution < -0.4 is 10.6 Å². The van der Waals surface area contributed by atoms with Gasteiger partial charge < -0.3 is 10.6 Å². The van der Waals surface area contributed by atoms with Gasteiger partial charge in [-0.2, -0.15) is 0 Å². The summed E-state index contributed by atoms with van der Waals surface area (Å²) in [6, 6.07) is 12.8. The Morgan fingerprint density at radius 3 is 2.76 bits per heavy atom. The highest BCUT2D eigenvalue weighted by molar-refractivity contribution is 7.71. The molecule has 2 N–H and O–H groups in total. The van der Waals surface area contributed by atoms with E-state index in [1.165, 1.54) is 0 Å². The molecule has 2 unspecified atom stereocenters. The number of hydrogen-bond donors (Lipinski definition) is 1. The lowest BCUT2D eigenvalue weighted by molar-refractivity contribution is -0.119. The Morgan fingerprint density at radius 1 is 1.28 bits per heavy atom. The fourth-order valence-electron chi connectivity index (χ4n) is 4.25. The molecule has 1 saturated carbocycles. The minimum absolute atomic E-state index is 0.153. The van der Waals surface area contributed by atoms with Gasteiger partial charge in [0.05, 0.1) is 10.8 Å². The molecule has 2 atom stereocenters. The van der Waals surface area contributed by atoms with E-state index in [0.717, 1.165) is 39.6 Å². The fourth-order valence-corrected chi connectivity index (χ4v) is 5.29. The van der Waals surface area contributed by atoms with E-state index in [0.29, 0.717) is 19.1 Å². The van der Waals surface area contributed by atoms with E-state index < -0.39 is 0 Å². The molecule has 0 bridgehead atoms. The van der Waals surface area contributed by atoms with E-state index in [9.17, 15) is 4.79 Å². The Kier molecular flexibility index (Phi) is 4.55. The number of carbonyl (C=O) groups is 1. The highest BCUT2D eigenvalue weighted by Crippen LogP contribution is 2.41. The predicted octanol–water partition coefficient (Wildman–Crippen LogP) is 4.30. The molecule has 3 aromatic rings. The van der Waals surface area contributed by atoms with Gasteiger partial charge in [-0.1, -0.05) is 24.3 Å². The number of hydrogen-bond acceptors (Lipinski definition) is 5. The summed E-state index contributed by atoms with van der Waals surface area (Å²) in [6.07, 6.45) is 3.00. The van der Waals surface area contributed by atoms with E-state index in [2.05, 4.69) is 33.9 Å². The monoisotopic (exact) mass is 425 g/mol. The third kappa shape index (κ3) is 3.20. The first-order valence-electron chi connectivity index (χ1n) is 9.92. The molecule has 2 aromatic heterocycles. The van der Waals surface area contributed by atoms with Crippen LogP contribution in [-0.2, 0) is 11.5 Å². The van der Waals surface area contributed by atoms with Gasteiger partial charge in [0.2, 0.25) is 5.91 Å². The Balaban J connectivity index is 1.55. The number of aromatic nitrogens is 3. The highest BCUT2D eigenvalue weighted by atomic mass is 32.1. The number of thiophene rings is 1. The van der Waals surface area contributed by atoms with Gasteiger partial charge >= 0.3 is 0 Å². The van der Waals surface area contributed by atoms with Crippen LogP contribution in [-0.4, -0.2) is 26.3 Å². The van der Waals surface area contributed by atoms with Crippen LogP contribution in [0.3, 0.4) is 0 Å². The third-order valence-corrected chi connectivity index (χ3v) is 7.16. The number of anilines is 1. The second-order valence-electron chi connectivity index (χ2n) is 7.89. The molecule has 1 fully saturated rings. The second kappa shape index (κ2) is 7.11. The summed E-state index contributed by atoms with van der Waals surface area (Å²) in [5.74, 6) is 0.440. The average molecular weight is 426 g/mol. The molecule has 1 aliphatic heterocycles. The number of para-hydroxylation sites is 1. The minimum Gasteiger partial charge on any atom is -0.369 e. The Hall–Kier alpha value is -2.45. The van der Waals surface area contributed by atoms with E-state index in [-0.39, 0.29) is 17.9 Å². The first kappa shape index (κ1) is 18.6. The molecule has 8 heteroatoms. The van der Waals surface area contributed by atoms with E-state index in [1.807, 2.05) is 28.9 Å². The zero-order valence-electron chi connectivity index (χ0n) is 16.2. The molecule has 1 aliphatic carbocycles. The lowest BCUT2D eigenvalue weighted by Crippen LogP contribution is -2.42. The predicted molar refractivity (Wildman–Crippen MR) is 118 cm³/mol. The minimum atomic E-state index is -0.265. The number of nitrogens with two attached hydrogens (primary N) is 1. The summed E-state index contributed by atoms with van der Waals surface area (Å²) in [7, 11) is 0. The molecule has 1 amide bonds. The number of fused-ring (bicyclic) bond motifs is 1. The van der Waals surface area contributed by atoms with Crippen LogP contribution in [0.4, 0.5) is 5.69 Å². The largest absolute Gasteiger partial charge is 0.369 e. The van der Waals surface area contributed by atoms with Crippen molar-refractivity contribution in [1.82, 2.24) is 14.3 Å². The molecule has 0 spiro atoms. The summed E-state index contributed by atoms with van der Waals surface area (Å²) in [6.45, 7) is 2.69. The zero-order chi connectivity index (χ0) is 20.1. The SMILES string of the molecule is CC1CC(C(N)=O)c2ccccc2N1Cn1nc(-c2cccs2)n(C2CC2)c1=S. The van der Waals surface area contributed by atoms with Crippen LogP contribution in [0.5, 0.6) is 0 Å². The third-order valence-electron chi connectivity index (χ3n) is 5.88. The van der Waals surface area contributed by atoms with Crippen molar-refractivity contribution in [3.8, 4) is 10.7 Å². The van der Waals surface area contributed by atoms with Crippen LogP contribution >= 0.6 is 23.6 Å². The van der Waals surface area contributed by atoms with Gasteiger partial charge in [0.15, 0.2) is 10.6 Å². The normalized spacial score (nSPS) is 21.2. The lowest BCUT2D eigenvalue weighted by atomic mass is 9.86. The quantitative estimate of drug-likeness (QED) is 0.619. The number of nitrogens with zero attached hydrogens (tertiary/aromatic N) is 4. The summed E-state index contributed by atoms with van der Waals surface area (Å²) in [5.41, 5.74) is 7.72. The lowest BCUT2D eigenvalue weighted by Gasteiger charge is -2.39. The smallest absolute Gasteiger partial charge is 0.225 e. The first-order chi connectivity index (χ1) is 14.0. The van der Waals surface area contributed by atoms with Gasteiger partial charge in [-0.25, -0.2) is 4.68 Å². The van der Waals surface area contributed by atoms with Crippen molar-refractivity contribution in [3.63, 3.8) is 0 Å². The van der Waals surface area contributed by atoms with Crippen molar-refractivity contribution in [1.29, 1.82) is 0 Å². The molecule has 1 aromatic carbocycles. The summed E-state index contributed by atoms with van der Waals surface area (Å²) in [5, 5.41) is 6.99.